The third-order valence-electron chi connectivity index (χ3n) is 4.12. The van der Waals surface area contributed by atoms with Crippen molar-refractivity contribution in [3.63, 3.8) is 0 Å². The lowest BCUT2D eigenvalue weighted by Crippen LogP contribution is -2.49. The van der Waals surface area contributed by atoms with Crippen LogP contribution in [0.5, 0.6) is 0 Å². The zero-order chi connectivity index (χ0) is 18.9. The van der Waals surface area contributed by atoms with Gasteiger partial charge in [0.2, 0.25) is 16.0 Å². The molecular formula is C16H19F2N5O2S. The summed E-state index contributed by atoms with van der Waals surface area (Å²) in [6, 6.07) is 4.78. The van der Waals surface area contributed by atoms with E-state index in [2.05, 4.69) is 9.97 Å². The van der Waals surface area contributed by atoms with Gasteiger partial charge in [-0.2, -0.15) is 9.29 Å². The molecule has 2 aromatic rings. The molecule has 7 nitrogen and oxygen atoms in total. The van der Waals surface area contributed by atoms with Crippen molar-refractivity contribution in [2.75, 3.05) is 50.1 Å². The maximum atomic E-state index is 13.9. The van der Waals surface area contributed by atoms with Crippen molar-refractivity contribution in [3.8, 4) is 0 Å². The van der Waals surface area contributed by atoms with Gasteiger partial charge < -0.3 is 9.80 Å². The molecule has 0 atom stereocenters. The van der Waals surface area contributed by atoms with Crippen LogP contribution < -0.4 is 9.80 Å². The highest BCUT2D eigenvalue weighted by Crippen LogP contribution is 2.24. The van der Waals surface area contributed by atoms with E-state index >= 15 is 0 Å². The number of hydrogen-bond acceptors (Lipinski definition) is 6. The van der Waals surface area contributed by atoms with Crippen molar-refractivity contribution in [2.45, 2.75) is 4.90 Å². The van der Waals surface area contributed by atoms with Gasteiger partial charge in [-0.25, -0.2) is 22.2 Å². The molecule has 1 aliphatic heterocycles. The Labute approximate surface area is 150 Å². The first-order valence-electron chi connectivity index (χ1n) is 8.00. The average molecular weight is 383 g/mol. The summed E-state index contributed by atoms with van der Waals surface area (Å²) < 4.78 is 54.1. The molecule has 0 spiro atoms. The van der Waals surface area contributed by atoms with Crippen LogP contribution in [-0.2, 0) is 10.0 Å². The number of benzene rings is 1. The maximum Gasteiger partial charge on any atom is 0.249 e. The van der Waals surface area contributed by atoms with Gasteiger partial charge in [0.05, 0.1) is 0 Å². The molecule has 0 radical (unpaired) electrons. The molecule has 0 aliphatic carbocycles. The molecule has 0 N–H and O–H groups in total. The van der Waals surface area contributed by atoms with Crippen LogP contribution in [0, 0.1) is 11.6 Å². The second-order valence-electron chi connectivity index (χ2n) is 6.05. The highest BCUT2D eigenvalue weighted by Gasteiger charge is 2.33. The lowest BCUT2D eigenvalue weighted by molar-refractivity contribution is 0.376. The number of anilines is 2. The summed E-state index contributed by atoms with van der Waals surface area (Å²) in [7, 11) is -0.522. The predicted molar refractivity (Wildman–Crippen MR) is 93.7 cm³/mol. The SMILES string of the molecule is CN(C)c1ccnc(N2CCN(S(=O)(=O)c3c(F)cccc3F)CC2)n1. The molecule has 0 amide bonds. The largest absolute Gasteiger partial charge is 0.363 e. The van der Waals surface area contributed by atoms with Crippen LogP contribution in [0.3, 0.4) is 0 Å². The molecule has 0 unspecified atom stereocenters. The Balaban J connectivity index is 1.77. The standard InChI is InChI=1S/C16H19F2N5O2S/c1-21(2)14-6-7-19-16(20-14)22-8-10-23(11-9-22)26(24,25)15-12(17)4-3-5-13(15)18/h3-7H,8-11H2,1-2H3. The molecule has 0 saturated carbocycles. The topological polar surface area (TPSA) is 69.6 Å². The van der Waals surface area contributed by atoms with E-state index in [1.807, 2.05) is 23.9 Å². The molecular weight excluding hydrogens is 364 g/mol. The third kappa shape index (κ3) is 3.47. The molecule has 1 aliphatic rings. The Bertz CT molecular complexity index is 879. The van der Waals surface area contributed by atoms with Crippen molar-refractivity contribution >= 4 is 21.8 Å². The Hall–Kier alpha value is -2.33. The smallest absolute Gasteiger partial charge is 0.249 e. The predicted octanol–water partition coefficient (Wildman–Crippen LogP) is 1.33. The van der Waals surface area contributed by atoms with E-state index < -0.39 is 26.6 Å². The van der Waals surface area contributed by atoms with Gasteiger partial charge in [-0.3, -0.25) is 0 Å². The molecule has 1 fully saturated rings. The lowest BCUT2D eigenvalue weighted by atomic mass is 10.3. The van der Waals surface area contributed by atoms with Gasteiger partial charge in [0.15, 0.2) is 4.90 Å². The zero-order valence-electron chi connectivity index (χ0n) is 14.4. The van der Waals surface area contributed by atoms with Crippen LogP contribution in [0.2, 0.25) is 0 Å². The van der Waals surface area contributed by atoms with Gasteiger partial charge in [-0.05, 0) is 18.2 Å². The van der Waals surface area contributed by atoms with Crippen molar-refractivity contribution in [1.29, 1.82) is 0 Å². The van der Waals surface area contributed by atoms with Crippen LogP contribution >= 0.6 is 0 Å². The molecule has 26 heavy (non-hydrogen) atoms. The Morgan fingerprint density at radius 3 is 2.23 bits per heavy atom. The van der Waals surface area contributed by atoms with Gasteiger partial charge >= 0.3 is 0 Å². The highest BCUT2D eigenvalue weighted by molar-refractivity contribution is 7.89. The summed E-state index contributed by atoms with van der Waals surface area (Å²) in [5.41, 5.74) is 0. The molecule has 1 aromatic heterocycles. The van der Waals surface area contributed by atoms with Gasteiger partial charge in [0.25, 0.3) is 0 Å². The van der Waals surface area contributed by atoms with E-state index in [-0.39, 0.29) is 13.1 Å². The molecule has 1 aromatic carbocycles. The number of nitrogens with zero attached hydrogens (tertiary/aromatic N) is 5. The fourth-order valence-electron chi connectivity index (χ4n) is 2.73. The van der Waals surface area contributed by atoms with Crippen molar-refractivity contribution in [2.24, 2.45) is 0 Å². The zero-order valence-corrected chi connectivity index (χ0v) is 15.2. The van der Waals surface area contributed by atoms with Crippen LogP contribution in [-0.4, -0.2) is 63.0 Å². The first-order chi connectivity index (χ1) is 12.3. The molecule has 3 rings (SSSR count). The minimum absolute atomic E-state index is 0.0889. The summed E-state index contributed by atoms with van der Waals surface area (Å²) in [4.78, 5) is 11.4. The van der Waals surface area contributed by atoms with Crippen molar-refractivity contribution < 1.29 is 17.2 Å². The Morgan fingerprint density at radius 2 is 1.65 bits per heavy atom. The van der Waals surface area contributed by atoms with Gasteiger partial charge in [-0.1, -0.05) is 6.07 Å². The minimum Gasteiger partial charge on any atom is -0.363 e. The minimum atomic E-state index is -4.24. The number of piperazine rings is 1. The number of hydrogen-bond donors (Lipinski definition) is 0. The quantitative estimate of drug-likeness (QED) is 0.794. The van der Waals surface area contributed by atoms with E-state index in [0.717, 1.165) is 28.3 Å². The second-order valence-corrected chi connectivity index (χ2v) is 7.93. The first kappa shape index (κ1) is 18.5. The van der Waals surface area contributed by atoms with E-state index in [9.17, 15) is 17.2 Å². The summed E-state index contributed by atoms with van der Waals surface area (Å²) in [5, 5.41) is 0. The molecule has 2 heterocycles. The van der Waals surface area contributed by atoms with E-state index in [0.29, 0.717) is 19.0 Å². The van der Waals surface area contributed by atoms with Crippen LogP contribution in [0.1, 0.15) is 0 Å². The number of rotatable bonds is 4. The molecule has 140 valence electrons. The summed E-state index contributed by atoms with van der Waals surface area (Å²) in [6.07, 6.45) is 1.63. The maximum absolute atomic E-state index is 13.9. The summed E-state index contributed by atoms with van der Waals surface area (Å²) in [6.45, 7) is 0.829. The summed E-state index contributed by atoms with van der Waals surface area (Å²) in [5.74, 6) is -0.951. The van der Waals surface area contributed by atoms with Crippen molar-refractivity contribution in [3.05, 3.63) is 42.1 Å². The van der Waals surface area contributed by atoms with E-state index in [1.165, 1.54) is 0 Å². The second kappa shape index (κ2) is 7.12. The fourth-order valence-corrected chi connectivity index (χ4v) is 4.26. The summed E-state index contributed by atoms with van der Waals surface area (Å²) >= 11 is 0. The van der Waals surface area contributed by atoms with Gasteiger partial charge in [0, 0.05) is 46.5 Å². The number of aromatic nitrogens is 2. The van der Waals surface area contributed by atoms with Gasteiger partial charge in [-0.15, -0.1) is 0 Å². The first-order valence-corrected chi connectivity index (χ1v) is 9.44. The Kier molecular flexibility index (Phi) is 5.05. The van der Waals surface area contributed by atoms with E-state index in [4.69, 9.17) is 0 Å². The number of sulfonamides is 1. The van der Waals surface area contributed by atoms with Crippen LogP contribution in [0.25, 0.3) is 0 Å². The molecule has 1 saturated heterocycles. The average Bonchev–Trinajstić information content (AvgIpc) is 2.61. The van der Waals surface area contributed by atoms with E-state index in [1.54, 1.807) is 12.3 Å². The monoisotopic (exact) mass is 383 g/mol. The van der Waals surface area contributed by atoms with Gasteiger partial charge in [0.1, 0.15) is 17.5 Å². The molecule has 10 heteroatoms. The van der Waals surface area contributed by atoms with Crippen LogP contribution in [0.4, 0.5) is 20.5 Å². The number of halogens is 2. The fraction of sp³-hybridized carbons (Fsp3) is 0.375. The third-order valence-corrected chi connectivity index (χ3v) is 6.08. The van der Waals surface area contributed by atoms with Crippen molar-refractivity contribution in [1.82, 2.24) is 14.3 Å². The Morgan fingerprint density at radius 1 is 1.04 bits per heavy atom. The van der Waals surface area contributed by atoms with Crippen LogP contribution in [0.15, 0.2) is 35.4 Å². The highest BCUT2D eigenvalue weighted by atomic mass is 32.2. The molecule has 0 bridgehead atoms. The normalized spacial score (nSPS) is 15.9. The lowest BCUT2D eigenvalue weighted by Gasteiger charge is -2.34.